The van der Waals surface area contributed by atoms with Crippen LogP contribution in [0.5, 0.6) is 0 Å². The second-order valence-electron chi connectivity index (χ2n) is 5.89. The summed E-state index contributed by atoms with van der Waals surface area (Å²) in [7, 11) is 0. The number of aromatic nitrogens is 2. The van der Waals surface area contributed by atoms with Gasteiger partial charge in [-0.15, -0.1) is 0 Å². The van der Waals surface area contributed by atoms with Gasteiger partial charge in [0.25, 0.3) is 0 Å². The molecule has 1 aliphatic heterocycles. The standard InChI is InChI=1S/C14H17N3OS/c1-14(2,3)17-13-11(7-15-17)10(6-12(18)16-13)9-4-5-19-8-9/h4-5,7-8,10H,6H2,1-3H3,(H,16,18)/t10-/m0/s1. The third kappa shape index (κ3) is 2.08. The highest BCUT2D eigenvalue weighted by Crippen LogP contribution is 2.39. The number of carbonyl (C=O) groups excluding carboxylic acids is 1. The van der Waals surface area contributed by atoms with Crippen LogP contribution in [-0.4, -0.2) is 15.7 Å². The molecule has 4 nitrogen and oxygen atoms in total. The molecule has 2 aromatic heterocycles. The summed E-state index contributed by atoms with van der Waals surface area (Å²) in [5, 5.41) is 11.6. The Kier molecular flexibility index (Phi) is 2.74. The molecule has 1 N–H and O–H groups in total. The zero-order chi connectivity index (χ0) is 13.6. The van der Waals surface area contributed by atoms with Crippen LogP contribution in [0.2, 0.25) is 0 Å². The highest BCUT2D eigenvalue weighted by Gasteiger charge is 2.32. The van der Waals surface area contributed by atoms with Crippen molar-refractivity contribution >= 4 is 23.1 Å². The van der Waals surface area contributed by atoms with E-state index in [0.29, 0.717) is 6.42 Å². The Labute approximate surface area is 116 Å². The van der Waals surface area contributed by atoms with Gasteiger partial charge in [0.15, 0.2) is 0 Å². The normalized spacial score (nSPS) is 19.1. The zero-order valence-corrected chi connectivity index (χ0v) is 12.1. The number of hydrogen-bond donors (Lipinski definition) is 1. The van der Waals surface area contributed by atoms with Crippen LogP contribution in [0.25, 0.3) is 0 Å². The number of rotatable bonds is 1. The quantitative estimate of drug-likeness (QED) is 0.869. The van der Waals surface area contributed by atoms with Gasteiger partial charge >= 0.3 is 0 Å². The molecule has 100 valence electrons. The van der Waals surface area contributed by atoms with Gasteiger partial charge in [0.2, 0.25) is 5.91 Å². The molecule has 0 spiro atoms. The van der Waals surface area contributed by atoms with Crippen molar-refractivity contribution in [3.05, 3.63) is 34.2 Å². The third-order valence-electron chi connectivity index (χ3n) is 3.40. The molecule has 1 atom stereocenters. The van der Waals surface area contributed by atoms with Gasteiger partial charge in [-0.3, -0.25) is 4.79 Å². The molecular formula is C14H17N3OS. The fraction of sp³-hybridized carbons (Fsp3) is 0.429. The first kappa shape index (κ1) is 12.4. The molecule has 1 aliphatic rings. The largest absolute Gasteiger partial charge is 0.311 e. The summed E-state index contributed by atoms with van der Waals surface area (Å²) in [5.74, 6) is 1.04. The lowest BCUT2D eigenvalue weighted by Gasteiger charge is -2.27. The SMILES string of the molecule is CC(C)(C)n1ncc2c1NC(=O)C[C@H]2c1ccsc1. The molecule has 0 fully saturated rings. The molecule has 2 aromatic rings. The molecule has 1 amide bonds. The number of thiophene rings is 1. The van der Waals surface area contributed by atoms with E-state index in [1.54, 1.807) is 11.3 Å². The molecule has 0 saturated carbocycles. The van der Waals surface area contributed by atoms with Gasteiger partial charge in [0, 0.05) is 17.9 Å². The molecule has 0 aliphatic carbocycles. The maximum absolute atomic E-state index is 12.0. The summed E-state index contributed by atoms with van der Waals surface area (Å²) < 4.78 is 1.90. The Bertz CT molecular complexity index is 607. The van der Waals surface area contributed by atoms with E-state index >= 15 is 0 Å². The minimum atomic E-state index is -0.141. The average Bonchev–Trinajstić information content (AvgIpc) is 2.95. The molecule has 5 heteroatoms. The molecule has 0 aromatic carbocycles. The number of nitrogens with zero attached hydrogens (tertiary/aromatic N) is 2. The smallest absolute Gasteiger partial charge is 0.226 e. The first-order chi connectivity index (χ1) is 8.97. The van der Waals surface area contributed by atoms with Crippen molar-refractivity contribution in [2.24, 2.45) is 0 Å². The Morgan fingerprint density at radius 2 is 2.26 bits per heavy atom. The summed E-state index contributed by atoms with van der Waals surface area (Å²) in [6, 6.07) is 2.09. The monoisotopic (exact) mass is 275 g/mol. The summed E-state index contributed by atoms with van der Waals surface area (Å²) in [6.45, 7) is 6.25. The van der Waals surface area contributed by atoms with Crippen LogP contribution in [0.15, 0.2) is 23.0 Å². The summed E-state index contributed by atoms with van der Waals surface area (Å²) in [6.07, 6.45) is 2.39. The second-order valence-corrected chi connectivity index (χ2v) is 6.67. The lowest BCUT2D eigenvalue weighted by molar-refractivity contribution is -0.116. The minimum absolute atomic E-state index is 0.0645. The molecular weight excluding hydrogens is 258 g/mol. The summed E-state index contributed by atoms with van der Waals surface area (Å²) in [4.78, 5) is 12.0. The van der Waals surface area contributed by atoms with Gasteiger partial charge in [0.05, 0.1) is 11.7 Å². The van der Waals surface area contributed by atoms with E-state index in [4.69, 9.17) is 0 Å². The number of amides is 1. The van der Waals surface area contributed by atoms with Crippen LogP contribution in [0, 0.1) is 0 Å². The van der Waals surface area contributed by atoms with E-state index in [-0.39, 0.29) is 17.4 Å². The molecule has 19 heavy (non-hydrogen) atoms. The van der Waals surface area contributed by atoms with Crippen molar-refractivity contribution in [3.8, 4) is 0 Å². The van der Waals surface area contributed by atoms with Crippen molar-refractivity contribution in [2.45, 2.75) is 38.6 Å². The van der Waals surface area contributed by atoms with Crippen molar-refractivity contribution < 1.29 is 4.79 Å². The van der Waals surface area contributed by atoms with Gasteiger partial charge in [-0.05, 0) is 43.2 Å². The molecule has 3 heterocycles. The molecule has 0 radical (unpaired) electrons. The van der Waals surface area contributed by atoms with E-state index in [9.17, 15) is 4.79 Å². The maximum Gasteiger partial charge on any atom is 0.226 e. The first-order valence-corrected chi connectivity index (χ1v) is 7.31. The Balaban J connectivity index is 2.11. The third-order valence-corrected chi connectivity index (χ3v) is 4.10. The van der Waals surface area contributed by atoms with Crippen LogP contribution in [-0.2, 0) is 10.3 Å². The number of carbonyl (C=O) groups is 1. The Morgan fingerprint density at radius 1 is 1.47 bits per heavy atom. The van der Waals surface area contributed by atoms with Gasteiger partial charge in [0.1, 0.15) is 5.82 Å². The molecule has 3 rings (SSSR count). The number of anilines is 1. The van der Waals surface area contributed by atoms with Crippen molar-refractivity contribution in [2.75, 3.05) is 5.32 Å². The molecule has 0 bridgehead atoms. The Hall–Kier alpha value is -1.62. The van der Waals surface area contributed by atoms with E-state index in [2.05, 4.69) is 48.0 Å². The van der Waals surface area contributed by atoms with Crippen molar-refractivity contribution in [1.82, 2.24) is 9.78 Å². The average molecular weight is 275 g/mol. The van der Waals surface area contributed by atoms with Crippen molar-refractivity contribution in [1.29, 1.82) is 0 Å². The van der Waals surface area contributed by atoms with Crippen LogP contribution >= 0.6 is 11.3 Å². The lowest BCUT2D eigenvalue weighted by atomic mass is 9.89. The van der Waals surface area contributed by atoms with E-state index in [1.807, 2.05) is 10.9 Å². The fourth-order valence-corrected chi connectivity index (χ4v) is 3.21. The van der Waals surface area contributed by atoms with Crippen LogP contribution in [0.4, 0.5) is 5.82 Å². The topological polar surface area (TPSA) is 46.9 Å². The van der Waals surface area contributed by atoms with Crippen LogP contribution in [0.1, 0.15) is 44.2 Å². The van der Waals surface area contributed by atoms with Crippen molar-refractivity contribution in [3.63, 3.8) is 0 Å². The van der Waals surface area contributed by atoms with E-state index in [1.165, 1.54) is 5.56 Å². The lowest BCUT2D eigenvalue weighted by Crippen LogP contribution is -2.30. The van der Waals surface area contributed by atoms with Gasteiger partial charge < -0.3 is 5.32 Å². The van der Waals surface area contributed by atoms with Gasteiger partial charge in [-0.25, -0.2) is 4.68 Å². The predicted molar refractivity (Wildman–Crippen MR) is 76.6 cm³/mol. The number of hydrogen-bond acceptors (Lipinski definition) is 3. The minimum Gasteiger partial charge on any atom is -0.311 e. The van der Waals surface area contributed by atoms with Crippen LogP contribution in [0.3, 0.4) is 0 Å². The van der Waals surface area contributed by atoms with Gasteiger partial charge in [-0.1, -0.05) is 0 Å². The van der Waals surface area contributed by atoms with Crippen LogP contribution < -0.4 is 5.32 Å². The van der Waals surface area contributed by atoms with E-state index < -0.39 is 0 Å². The summed E-state index contributed by atoms with van der Waals surface area (Å²) >= 11 is 1.66. The highest BCUT2D eigenvalue weighted by molar-refractivity contribution is 7.08. The van der Waals surface area contributed by atoms with E-state index in [0.717, 1.165) is 11.4 Å². The predicted octanol–water partition coefficient (Wildman–Crippen LogP) is 3.17. The first-order valence-electron chi connectivity index (χ1n) is 6.37. The Morgan fingerprint density at radius 3 is 2.89 bits per heavy atom. The second kappa shape index (κ2) is 4.20. The van der Waals surface area contributed by atoms with Gasteiger partial charge in [-0.2, -0.15) is 16.4 Å². The summed E-state index contributed by atoms with van der Waals surface area (Å²) in [5.41, 5.74) is 2.18. The molecule has 0 saturated heterocycles. The zero-order valence-electron chi connectivity index (χ0n) is 11.3. The number of nitrogens with one attached hydrogen (secondary N) is 1. The fourth-order valence-electron chi connectivity index (χ4n) is 2.50. The maximum atomic E-state index is 12.0. The highest BCUT2D eigenvalue weighted by atomic mass is 32.1. The molecule has 0 unspecified atom stereocenters. The number of fused-ring (bicyclic) bond motifs is 1.